The molecule has 0 heterocycles. The van der Waals surface area contributed by atoms with Crippen LogP contribution in [0.25, 0.3) is 0 Å². The average Bonchev–Trinajstić information content (AvgIpc) is 2.19. The number of nitrogens with two attached hydrogens (primary N) is 1. The summed E-state index contributed by atoms with van der Waals surface area (Å²) in [6, 6.07) is 5.49. The van der Waals surface area contributed by atoms with Crippen LogP contribution in [0.5, 0.6) is 0 Å². The van der Waals surface area contributed by atoms with E-state index in [2.05, 4.69) is 11.9 Å². The van der Waals surface area contributed by atoms with E-state index in [0.717, 1.165) is 19.5 Å². The molecule has 0 aromatic heterocycles. The first-order valence-corrected chi connectivity index (χ1v) is 5.68. The Morgan fingerprint density at radius 2 is 2.12 bits per heavy atom. The molecule has 1 aromatic carbocycles. The zero-order chi connectivity index (χ0) is 12.1. The molecule has 0 fully saturated rings. The van der Waals surface area contributed by atoms with Crippen molar-refractivity contribution in [2.24, 2.45) is 5.73 Å². The molecule has 1 unspecified atom stereocenters. The summed E-state index contributed by atoms with van der Waals surface area (Å²) in [5, 5.41) is 0. The summed E-state index contributed by atoms with van der Waals surface area (Å²) in [6.07, 6.45) is 0.935. The number of halogens is 1. The lowest BCUT2D eigenvalue weighted by Crippen LogP contribution is -2.34. The fourth-order valence-electron chi connectivity index (χ4n) is 1.77. The van der Waals surface area contributed by atoms with Gasteiger partial charge in [0.05, 0.1) is 0 Å². The van der Waals surface area contributed by atoms with Crippen molar-refractivity contribution in [1.82, 2.24) is 4.90 Å². The number of hydrogen-bond donors (Lipinski definition) is 1. The highest BCUT2D eigenvalue weighted by Gasteiger charge is 2.03. The standard InChI is InChI=1S/C13H21FN2/c1-10-8-12(4-5-13(10)14)6-7-16(3)9-11(2)15/h4-5,8,11H,6-7,9,15H2,1-3H3. The van der Waals surface area contributed by atoms with Crippen LogP contribution in [0, 0.1) is 12.7 Å². The summed E-state index contributed by atoms with van der Waals surface area (Å²) < 4.78 is 13.0. The van der Waals surface area contributed by atoms with E-state index in [1.54, 1.807) is 6.92 Å². The molecule has 2 N–H and O–H groups in total. The van der Waals surface area contributed by atoms with Crippen LogP contribution in [0.2, 0.25) is 0 Å². The van der Waals surface area contributed by atoms with Crippen LogP contribution in [0.15, 0.2) is 18.2 Å². The van der Waals surface area contributed by atoms with Crippen molar-refractivity contribution in [2.75, 3.05) is 20.1 Å². The van der Waals surface area contributed by atoms with E-state index in [-0.39, 0.29) is 11.9 Å². The summed E-state index contributed by atoms with van der Waals surface area (Å²) in [5.41, 5.74) is 7.61. The van der Waals surface area contributed by atoms with E-state index in [1.165, 1.54) is 11.6 Å². The molecule has 1 aromatic rings. The molecule has 0 saturated carbocycles. The topological polar surface area (TPSA) is 29.3 Å². The van der Waals surface area contributed by atoms with E-state index < -0.39 is 0 Å². The second-order valence-electron chi connectivity index (χ2n) is 4.57. The van der Waals surface area contributed by atoms with Crippen LogP contribution in [0.4, 0.5) is 4.39 Å². The first-order valence-electron chi connectivity index (χ1n) is 5.68. The normalized spacial score (nSPS) is 13.1. The number of hydrogen-bond acceptors (Lipinski definition) is 2. The minimum absolute atomic E-state index is 0.132. The van der Waals surface area contributed by atoms with Gasteiger partial charge in [-0.05, 0) is 44.5 Å². The number of rotatable bonds is 5. The lowest BCUT2D eigenvalue weighted by atomic mass is 10.1. The highest BCUT2D eigenvalue weighted by molar-refractivity contribution is 5.24. The van der Waals surface area contributed by atoms with Crippen molar-refractivity contribution in [3.8, 4) is 0 Å². The Balaban J connectivity index is 2.45. The predicted octanol–water partition coefficient (Wildman–Crippen LogP) is 1.96. The van der Waals surface area contributed by atoms with Crippen LogP contribution in [0.1, 0.15) is 18.1 Å². The smallest absolute Gasteiger partial charge is 0.126 e. The zero-order valence-corrected chi connectivity index (χ0v) is 10.3. The van der Waals surface area contributed by atoms with Crippen molar-refractivity contribution in [3.63, 3.8) is 0 Å². The van der Waals surface area contributed by atoms with Crippen LogP contribution < -0.4 is 5.73 Å². The van der Waals surface area contributed by atoms with Gasteiger partial charge >= 0.3 is 0 Å². The van der Waals surface area contributed by atoms with E-state index in [1.807, 2.05) is 19.1 Å². The molecule has 0 radical (unpaired) electrons. The first kappa shape index (κ1) is 13.1. The number of nitrogens with zero attached hydrogens (tertiary/aromatic N) is 1. The Labute approximate surface area is 97.3 Å². The average molecular weight is 224 g/mol. The van der Waals surface area contributed by atoms with E-state index in [4.69, 9.17) is 5.73 Å². The van der Waals surface area contributed by atoms with Gasteiger partial charge in [0.2, 0.25) is 0 Å². The Kier molecular flexibility index (Phi) is 4.90. The second-order valence-corrected chi connectivity index (χ2v) is 4.57. The Morgan fingerprint density at radius 3 is 2.69 bits per heavy atom. The highest BCUT2D eigenvalue weighted by atomic mass is 19.1. The van der Waals surface area contributed by atoms with Crippen molar-refractivity contribution in [3.05, 3.63) is 35.1 Å². The molecule has 1 atom stereocenters. The van der Waals surface area contributed by atoms with Gasteiger partial charge in [0.25, 0.3) is 0 Å². The largest absolute Gasteiger partial charge is 0.327 e. The molecule has 16 heavy (non-hydrogen) atoms. The molecule has 0 aliphatic carbocycles. The van der Waals surface area contributed by atoms with Gasteiger partial charge in [0, 0.05) is 19.1 Å². The summed E-state index contributed by atoms with van der Waals surface area (Å²) in [5.74, 6) is -0.132. The molecule has 90 valence electrons. The van der Waals surface area contributed by atoms with E-state index >= 15 is 0 Å². The van der Waals surface area contributed by atoms with Crippen molar-refractivity contribution in [2.45, 2.75) is 26.3 Å². The molecule has 2 nitrogen and oxygen atoms in total. The molecule has 0 saturated heterocycles. The minimum atomic E-state index is -0.132. The van der Waals surface area contributed by atoms with Crippen LogP contribution >= 0.6 is 0 Å². The number of likely N-dealkylation sites (N-methyl/N-ethyl adjacent to an activating group) is 1. The third-order valence-electron chi connectivity index (χ3n) is 2.60. The Morgan fingerprint density at radius 1 is 1.44 bits per heavy atom. The summed E-state index contributed by atoms with van der Waals surface area (Å²) in [7, 11) is 2.06. The first-order chi connectivity index (χ1) is 7.49. The van der Waals surface area contributed by atoms with Gasteiger partial charge in [0.1, 0.15) is 5.82 Å². The van der Waals surface area contributed by atoms with Crippen LogP contribution in [-0.4, -0.2) is 31.1 Å². The maximum atomic E-state index is 13.0. The van der Waals surface area contributed by atoms with E-state index in [9.17, 15) is 4.39 Å². The van der Waals surface area contributed by atoms with Gasteiger partial charge in [-0.15, -0.1) is 0 Å². The van der Waals surface area contributed by atoms with Gasteiger partial charge in [-0.3, -0.25) is 0 Å². The SMILES string of the molecule is Cc1cc(CCN(C)CC(C)N)ccc1F. The minimum Gasteiger partial charge on any atom is -0.327 e. The quantitative estimate of drug-likeness (QED) is 0.828. The fourth-order valence-corrected chi connectivity index (χ4v) is 1.77. The molecule has 3 heteroatoms. The molecule has 0 bridgehead atoms. The summed E-state index contributed by atoms with van der Waals surface area (Å²) in [4.78, 5) is 2.20. The monoisotopic (exact) mass is 224 g/mol. The number of benzene rings is 1. The van der Waals surface area contributed by atoms with Crippen molar-refractivity contribution in [1.29, 1.82) is 0 Å². The second kappa shape index (κ2) is 5.97. The third-order valence-corrected chi connectivity index (χ3v) is 2.60. The predicted molar refractivity (Wildman–Crippen MR) is 66.0 cm³/mol. The van der Waals surface area contributed by atoms with Gasteiger partial charge in [-0.2, -0.15) is 0 Å². The van der Waals surface area contributed by atoms with Gasteiger partial charge in [0.15, 0.2) is 0 Å². The maximum Gasteiger partial charge on any atom is 0.126 e. The van der Waals surface area contributed by atoms with Gasteiger partial charge in [-0.25, -0.2) is 4.39 Å². The van der Waals surface area contributed by atoms with Gasteiger partial charge in [-0.1, -0.05) is 12.1 Å². The Hall–Kier alpha value is -0.930. The Bertz CT molecular complexity index is 337. The van der Waals surface area contributed by atoms with Crippen LogP contribution in [0.3, 0.4) is 0 Å². The van der Waals surface area contributed by atoms with Crippen LogP contribution in [-0.2, 0) is 6.42 Å². The summed E-state index contributed by atoms with van der Waals surface area (Å²) >= 11 is 0. The molecule has 0 aliphatic rings. The lowest BCUT2D eigenvalue weighted by Gasteiger charge is -2.18. The molecule has 0 aliphatic heterocycles. The number of aryl methyl sites for hydroxylation is 1. The molecular formula is C13H21FN2. The zero-order valence-electron chi connectivity index (χ0n) is 10.3. The maximum absolute atomic E-state index is 13.0. The molecule has 1 rings (SSSR count). The summed E-state index contributed by atoms with van der Waals surface area (Å²) in [6.45, 7) is 5.63. The van der Waals surface area contributed by atoms with E-state index in [0.29, 0.717) is 5.56 Å². The molecule has 0 amide bonds. The molecule has 0 spiro atoms. The van der Waals surface area contributed by atoms with Crippen molar-refractivity contribution >= 4 is 0 Å². The lowest BCUT2D eigenvalue weighted by molar-refractivity contribution is 0.321. The fraction of sp³-hybridized carbons (Fsp3) is 0.538. The van der Waals surface area contributed by atoms with Crippen molar-refractivity contribution < 1.29 is 4.39 Å². The van der Waals surface area contributed by atoms with Gasteiger partial charge < -0.3 is 10.6 Å². The highest BCUT2D eigenvalue weighted by Crippen LogP contribution is 2.10. The third kappa shape index (κ3) is 4.29. The molecular weight excluding hydrogens is 203 g/mol.